The Morgan fingerprint density at radius 2 is 1.75 bits per heavy atom. The summed E-state index contributed by atoms with van der Waals surface area (Å²) in [6, 6.07) is 16.6. The average molecular weight is 288 g/mol. The molecule has 2 rings (SSSR count). The Balaban J connectivity index is 1.82. The van der Waals surface area contributed by atoms with Crippen molar-refractivity contribution in [3.05, 3.63) is 71.5 Å². The number of hydrogen-bond acceptors (Lipinski definition) is 1. The highest BCUT2D eigenvalue weighted by molar-refractivity contribution is 7.80. The molecule has 0 aromatic heterocycles. The standard InChI is InChI=1S/C16H17FN2S/c1-12(14-5-3-2-4-6-14)19-16(20)18-11-13-7-9-15(17)10-8-13/h2-10,12H,11H2,1H3,(H2,18,19,20)/t12-/m0/s1. The highest BCUT2D eigenvalue weighted by Gasteiger charge is 2.05. The molecule has 4 heteroatoms. The minimum atomic E-state index is -0.229. The summed E-state index contributed by atoms with van der Waals surface area (Å²) in [5, 5.41) is 6.93. The van der Waals surface area contributed by atoms with Crippen LogP contribution in [0.3, 0.4) is 0 Å². The first-order chi connectivity index (χ1) is 9.65. The molecular weight excluding hydrogens is 271 g/mol. The second-order valence-electron chi connectivity index (χ2n) is 4.59. The molecule has 2 N–H and O–H groups in total. The van der Waals surface area contributed by atoms with Crippen LogP contribution in [0.5, 0.6) is 0 Å². The van der Waals surface area contributed by atoms with E-state index in [1.54, 1.807) is 12.1 Å². The van der Waals surface area contributed by atoms with Crippen molar-refractivity contribution in [3.8, 4) is 0 Å². The molecule has 0 radical (unpaired) electrons. The average Bonchev–Trinajstić information content (AvgIpc) is 2.47. The van der Waals surface area contributed by atoms with E-state index in [2.05, 4.69) is 29.7 Å². The van der Waals surface area contributed by atoms with E-state index in [0.717, 1.165) is 5.56 Å². The van der Waals surface area contributed by atoms with Gasteiger partial charge in [0.1, 0.15) is 5.82 Å². The zero-order valence-electron chi connectivity index (χ0n) is 11.3. The predicted octanol–water partition coefficient (Wildman–Crippen LogP) is 3.55. The maximum Gasteiger partial charge on any atom is 0.167 e. The summed E-state index contributed by atoms with van der Waals surface area (Å²) in [7, 11) is 0. The SMILES string of the molecule is C[C@H](NC(=S)NCc1ccc(F)cc1)c1ccccc1. The summed E-state index contributed by atoms with van der Waals surface area (Å²) in [6.07, 6.45) is 0. The van der Waals surface area contributed by atoms with Crippen LogP contribution in [-0.4, -0.2) is 5.11 Å². The molecule has 0 aliphatic heterocycles. The first-order valence-electron chi connectivity index (χ1n) is 6.49. The fraction of sp³-hybridized carbons (Fsp3) is 0.188. The zero-order chi connectivity index (χ0) is 14.4. The lowest BCUT2D eigenvalue weighted by Crippen LogP contribution is -2.36. The van der Waals surface area contributed by atoms with Gasteiger partial charge in [-0.3, -0.25) is 0 Å². The monoisotopic (exact) mass is 288 g/mol. The molecule has 0 unspecified atom stereocenters. The zero-order valence-corrected chi connectivity index (χ0v) is 12.1. The van der Waals surface area contributed by atoms with E-state index < -0.39 is 0 Å². The molecule has 0 amide bonds. The highest BCUT2D eigenvalue weighted by Crippen LogP contribution is 2.10. The van der Waals surface area contributed by atoms with E-state index in [0.29, 0.717) is 11.7 Å². The number of halogens is 1. The molecule has 0 fully saturated rings. The highest BCUT2D eigenvalue weighted by atomic mass is 32.1. The fourth-order valence-corrected chi connectivity index (χ4v) is 2.11. The van der Waals surface area contributed by atoms with Crippen LogP contribution >= 0.6 is 12.2 Å². The Kier molecular flexibility index (Phi) is 5.07. The minimum Gasteiger partial charge on any atom is -0.359 e. The topological polar surface area (TPSA) is 24.1 Å². The van der Waals surface area contributed by atoms with E-state index in [1.807, 2.05) is 18.2 Å². The van der Waals surface area contributed by atoms with E-state index >= 15 is 0 Å². The Labute approximate surface area is 124 Å². The first kappa shape index (κ1) is 14.5. The molecule has 2 aromatic carbocycles. The Morgan fingerprint density at radius 1 is 1.10 bits per heavy atom. The van der Waals surface area contributed by atoms with Gasteiger partial charge in [-0.25, -0.2) is 4.39 Å². The van der Waals surface area contributed by atoms with Gasteiger partial charge >= 0.3 is 0 Å². The van der Waals surface area contributed by atoms with E-state index in [9.17, 15) is 4.39 Å². The summed E-state index contributed by atoms with van der Waals surface area (Å²) >= 11 is 5.26. The lowest BCUT2D eigenvalue weighted by atomic mass is 10.1. The molecule has 0 aliphatic carbocycles. The maximum atomic E-state index is 12.8. The van der Waals surface area contributed by atoms with E-state index in [4.69, 9.17) is 12.2 Å². The quantitative estimate of drug-likeness (QED) is 0.841. The maximum absolute atomic E-state index is 12.8. The van der Waals surface area contributed by atoms with Crippen molar-refractivity contribution in [1.29, 1.82) is 0 Å². The Morgan fingerprint density at radius 3 is 2.40 bits per heavy atom. The Hall–Kier alpha value is -1.94. The van der Waals surface area contributed by atoms with Gasteiger partial charge in [0, 0.05) is 6.54 Å². The molecule has 0 heterocycles. The van der Waals surface area contributed by atoms with Crippen LogP contribution in [-0.2, 0) is 6.54 Å². The third kappa shape index (κ3) is 4.31. The van der Waals surface area contributed by atoms with Gasteiger partial charge in [-0.1, -0.05) is 42.5 Å². The summed E-state index contributed by atoms with van der Waals surface area (Å²) < 4.78 is 12.8. The lowest BCUT2D eigenvalue weighted by Gasteiger charge is -2.17. The van der Waals surface area contributed by atoms with Crippen LogP contribution in [0.1, 0.15) is 24.1 Å². The van der Waals surface area contributed by atoms with Crippen molar-refractivity contribution >= 4 is 17.3 Å². The number of hydrogen-bond donors (Lipinski definition) is 2. The van der Waals surface area contributed by atoms with Crippen molar-refractivity contribution in [2.24, 2.45) is 0 Å². The van der Waals surface area contributed by atoms with Gasteiger partial charge in [-0.2, -0.15) is 0 Å². The van der Waals surface area contributed by atoms with Gasteiger partial charge in [0.15, 0.2) is 5.11 Å². The Bertz CT molecular complexity index is 554. The van der Waals surface area contributed by atoms with Crippen molar-refractivity contribution in [2.75, 3.05) is 0 Å². The third-order valence-corrected chi connectivity index (χ3v) is 3.28. The molecule has 0 saturated heterocycles. The van der Waals surface area contributed by atoms with Crippen molar-refractivity contribution in [1.82, 2.24) is 10.6 Å². The van der Waals surface area contributed by atoms with E-state index in [1.165, 1.54) is 17.7 Å². The summed E-state index contributed by atoms with van der Waals surface area (Å²) in [4.78, 5) is 0. The molecule has 2 nitrogen and oxygen atoms in total. The third-order valence-electron chi connectivity index (χ3n) is 3.01. The number of thiocarbonyl (C=S) groups is 1. The molecule has 0 spiro atoms. The number of rotatable bonds is 4. The van der Waals surface area contributed by atoms with Crippen LogP contribution in [0.4, 0.5) is 4.39 Å². The van der Waals surface area contributed by atoms with Crippen molar-refractivity contribution in [3.63, 3.8) is 0 Å². The van der Waals surface area contributed by atoms with Crippen LogP contribution in [0.15, 0.2) is 54.6 Å². The fourth-order valence-electron chi connectivity index (χ4n) is 1.86. The molecule has 0 saturated carbocycles. The van der Waals surface area contributed by atoms with Crippen molar-refractivity contribution in [2.45, 2.75) is 19.5 Å². The van der Waals surface area contributed by atoms with Gasteiger partial charge in [0.05, 0.1) is 6.04 Å². The molecule has 0 aliphatic rings. The van der Waals surface area contributed by atoms with Crippen LogP contribution in [0.25, 0.3) is 0 Å². The largest absolute Gasteiger partial charge is 0.359 e. The van der Waals surface area contributed by atoms with Gasteiger partial charge in [-0.05, 0) is 42.4 Å². The van der Waals surface area contributed by atoms with Gasteiger partial charge in [-0.15, -0.1) is 0 Å². The van der Waals surface area contributed by atoms with Crippen molar-refractivity contribution < 1.29 is 4.39 Å². The van der Waals surface area contributed by atoms with E-state index in [-0.39, 0.29) is 11.9 Å². The molecule has 1 atom stereocenters. The molecular formula is C16H17FN2S. The first-order valence-corrected chi connectivity index (χ1v) is 6.90. The molecule has 20 heavy (non-hydrogen) atoms. The second-order valence-corrected chi connectivity index (χ2v) is 4.99. The molecule has 0 bridgehead atoms. The van der Waals surface area contributed by atoms with Crippen LogP contribution in [0.2, 0.25) is 0 Å². The number of nitrogens with one attached hydrogen (secondary N) is 2. The summed E-state index contributed by atoms with van der Waals surface area (Å²) in [6.45, 7) is 2.63. The molecule has 104 valence electrons. The predicted molar refractivity (Wildman–Crippen MR) is 83.8 cm³/mol. The van der Waals surface area contributed by atoms with Gasteiger partial charge in [0.2, 0.25) is 0 Å². The smallest absolute Gasteiger partial charge is 0.167 e. The normalized spacial score (nSPS) is 11.7. The second kappa shape index (κ2) is 7.01. The summed E-state index contributed by atoms with van der Waals surface area (Å²) in [5.41, 5.74) is 2.17. The van der Waals surface area contributed by atoms with Crippen LogP contribution in [0, 0.1) is 5.82 Å². The van der Waals surface area contributed by atoms with Gasteiger partial charge in [0.25, 0.3) is 0 Å². The minimum absolute atomic E-state index is 0.143. The van der Waals surface area contributed by atoms with Crippen LogP contribution < -0.4 is 10.6 Å². The van der Waals surface area contributed by atoms with Gasteiger partial charge < -0.3 is 10.6 Å². The summed E-state index contributed by atoms with van der Waals surface area (Å²) in [5.74, 6) is -0.229. The molecule has 2 aromatic rings. The number of benzene rings is 2. The lowest BCUT2D eigenvalue weighted by molar-refractivity contribution is 0.626.